The highest BCUT2D eigenvalue weighted by molar-refractivity contribution is 6.17. The number of alkyl halides is 1. The molecule has 3 nitrogen and oxygen atoms in total. The lowest BCUT2D eigenvalue weighted by Crippen LogP contribution is -2.40. The molecule has 2 heterocycles. The Hall–Kier alpha value is 0.170. The second kappa shape index (κ2) is 14.4. The van der Waals surface area contributed by atoms with Crippen molar-refractivity contribution in [1.82, 2.24) is 9.80 Å². The van der Waals surface area contributed by atoms with Crippen LogP contribution < -0.4 is 0 Å². The van der Waals surface area contributed by atoms with Crippen molar-refractivity contribution in [2.75, 3.05) is 38.7 Å². The Morgan fingerprint density at radius 3 is 1.75 bits per heavy atom. The normalized spacial score (nSPS) is 26.0. The molecule has 144 valence electrons. The Balaban J connectivity index is 0.000000240. The first-order valence-electron chi connectivity index (χ1n) is 10.4. The van der Waals surface area contributed by atoms with E-state index >= 15 is 0 Å². The summed E-state index contributed by atoms with van der Waals surface area (Å²) < 4.78 is 0. The van der Waals surface area contributed by atoms with Crippen LogP contribution in [0, 0.1) is 0 Å². The van der Waals surface area contributed by atoms with Gasteiger partial charge in [-0.1, -0.05) is 26.7 Å². The Kier molecular flexibility index (Phi) is 13.3. The third kappa shape index (κ3) is 8.51. The molecule has 2 fully saturated rings. The number of likely N-dealkylation sites (tertiary alicyclic amines) is 2. The van der Waals surface area contributed by atoms with Crippen LogP contribution in [0.2, 0.25) is 0 Å². The average Bonchev–Trinajstić information content (AvgIpc) is 2.60. The summed E-state index contributed by atoms with van der Waals surface area (Å²) >= 11 is 5.77. The fourth-order valence-corrected chi connectivity index (χ4v) is 4.46. The molecule has 0 aliphatic carbocycles. The zero-order valence-corrected chi connectivity index (χ0v) is 16.9. The molecule has 4 heteroatoms. The summed E-state index contributed by atoms with van der Waals surface area (Å²) in [5, 5.41) is 8.88. The van der Waals surface area contributed by atoms with Crippen molar-refractivity contribution in [3.05, 3.63) is 0 Å². The lowest BCUT2D eigenvalue weighted by Gasteiger charge is -2.35. The molecule has 0 saturated carbocycles. The molecule has 0 radical (unpaired) electrons. The van der Waals surface area contributed by atoms with Crippen LogP contribution in [-0.2, 0) is 0 Å². The van der Waals surface area contributed by atoms with Gasteiger partial charge in [0.1, 0.15) is 0 Å². The molecule has 0 amide bonds. The Labute approximate surface area is 155 Å². The van der Waals surface area contributed by atoms with Crippen LogP contribution in [0.5, 0.6) is 0 Å². The van der Waals surface area contributed by atoms with Crippen LogP contribution >= 0.6 is 11.6 Å². The molecule has 2 aliphatic rings. The first kappa shape index (κ1) is 22.2. The van der Waals surface area contributed by atoms with E-state index in [0.29, 0.717) is 12.6 Å². The summed E-state index contributed by atoms with van der Waals surface area (Å²) in [7, 11) is 0. The van der Waals surface area contributed by atoms with Gasteiger partial charge in [0.25, 0.3) is 0 Å². The third-order valence-electron chi connectivity index (χ3n) is 5.42. The molecule has 0 bridgehead atoms. The smallest absolute Gasteiger partial charge is 0.0445 e. The van der Waals surface area contributed by atoms with E-state index in [4.69, 9.17) is 16.7 Å². The molecular weight excluding hydrogens is 320 g/mol. The number of piperidine rings is 2. The van der Waals surface area contributed by atoms with Gasteiger partial charge in [-0.15, -0.1) is 11.6 Å². The minimum absolute atomic E-state index is 0.352. The SMILES string of the molecule is CCCN1CCCCC1CCCl.CCCN1CCCCC1CCO. The van der Waals surface area contributed by atoms with Gasteiger partial charge in [0.15, 0.2) is 0 Å². The van der Waals surface area contributed by atoms with Crippen LogP contribution in [-0.4, -0.2) is 65.7 Å². The van der Waals surface area contributed by atoms with Crippen LogP contribution in [0.3, 0.4) is 0 Å². The number of hydrogen-bond acceptors (Lipinski definition) is 3. The van der Waals surface area contributed by atoms with E-state index in [9.17, 15) is 0 Å². The topological polar surface area (TPSA) is 26.7 Å². The van der Waals surface area contributed by atoms with Crippen molar-refractivity contribution in [1.29, 1.82) is 0 Å². The predicted molar refractivity (Wildman–Crippen MR) is 106 cm³/mol. The van der Waals surface area contributed by atoms with Crippen LogP contribution in [0.25, 0.3) is 0 Å². The zero-order valence-electron chi connectivity index (χ0n) is 16.2. The monoisotopic (exact) mass is 360 g/mol. The highest BCUT2D eigenvalue weighted by atomic mass is 35.5. The van der Waals surface area contributed by atoms with Gasteiger partial charge >= 0.3 is 0 Å². The van der Waals surface area contributed by atoms with Crippen molar-refractivity contribution in [2.24, 2.45) is 0 Å². The summed E-state index contributed by atoms with van der Waals surface area (Å²) in [6.45, 7) is 9.86. The van der Waals surface area contributed by atoms with E-state index < -0.39 is 0 Å². The van der Waals surface area contributed by atoms with Crippen molar-refractivity contribution in [2.45, 2.75) is 90.1 Å². The van der Waals surface area contributed by atoms with Crippen molar-refractivity contribution in [3.8, 4) is 0 Å². The molecule has 2 aliphatic heterocycles. The summed E-state index contributed by atoms with van der Waals surface area (Å²) in [5.41, 5.74) is 0. The van der Waals surface area contributed by atoms with Gasteiger partial charge < -0.3 is 14.9 Å². The van der Waals surface area contributed by atoms with Gasteiger partial charge in [0.2, 0.25) is 0 Å². The number of halogens is 1. The number of nitrogens with zero attached hydrogens (tertiary/aromatic N) is 2. The minimum atomic E-state index is 0.352. The summed E-state index contributed by atoms with van der Waals surface area (Å²) in [6.07, 6.45) is 12.8. The van der Waals surface area contributed by atoms with Gasteiger partial charge in [0.05, 0.1) is 0 Å². The largest absolute Gasteiger partial charge is 0.396 e. The Bertz CT molecular complexity index is 227. The molecule has 0 aromatic carbocycles. The van der Waals surface area contributed by atoms with Gasteiger partial charge in [-0.3, -0.25) is 0 Å². The maximum Gasteiger partial charge on any atom is 0.0445 e. The van der Waals surface area contributed by atoms with E-state index in [-0.39, 0.29) is 0 Å². The van der Waals surface area contributed by atoms with Crippen LogP contribution in [0.15, 0.2) is 0 Å². The van der Waals surface area contributed by atoms with Gasteiger partial charge in [-0.2, -0.15) is 0 Å². The molecule has 2 rings (SSSR count). The van der Waals surface area contributed by atoms with Crippen LogP contribution in [0.1, 0.15) is 78.1 Å². The first-order valence-corrected chi connectivity index (χ1v) is 10.9. The fraction of sp³-hybridized carbons (Fsp3) is 1.00. The molecule has 2 atom stereocenters. The fourth-order valence-electron chi connectivity index (χ4n) is 4.21. The molecule has 2 unspecified atom stereocenters. The molecule has 24 heavy (non-hydrogen) atoms. The first-order chi connectivity index (χ1) is 11.8. The van der Waals surface area contributed by atoms with Crippen LogP contribution in [0.4, 0.5) is 0 Å². The van der Waals surface area contributed by atoms with Crippen molar-refractivity contribution >= 4 is 11.6 Å². The summed E-state index contributed by atoms with van der Waals surface area (Å²) in [5.74, 6) is 0.824. The minimum Gasteiger partial charge on any atom is -0.396 e. The number of hydrogen-bond donors (Lipinski definition) is 1. The quantitative estimate of drug-likeness (QED) is 0.645. The van der Waals surface area contributed by atoms with E-state index in [0.717, 1.165) is 18.3 Å². The van der Waals surface area contributed by atoms with E-state index in [2.05, 4.69) is 23.6 Å². The van der Waals surface area contributed by atoms with Gasteiger partial charge in [-0.05, 0) is 77.5 Å². The Morgan fingerprint density at radius 1 is 0.833 bits per heavy atom. The molecule has 0 aromatic rings. The van der Waals surface area contributed by atoms with E-state index in [1.54, 1.807) is 0 Å². The molecular formula is C20H41ClN2O. The van der Waals surface area contributed by atoms with E-state index in [1.807, 2.05) is 0 Å². The maximum absolute atomic E-state index is 8.88. The Morgan fingerprint density at radius 2 is 1.33 bits per heavy atom. The van der Waals surface area contributed by atoms with Gasteiger partial charge in [-0.25, -0.2) is 0 Å². The predicted octanol–water partition coefficient (Wildman–Crippen LogP) is 4.51. The number of aliphatic hydroxyl groups is 1. The lowest BCUT2D eigenvalue weighted by atomic mass is 9.99. The summed E-state index contributed by atoms with van der Waals surface area (Å²) in [6, 6.07) is 1.46. The number of rotatable bonds is 8. The average molecular weight is 361 g/mol. The number of aliphatic hydroxyl groups excluding tert-OH is 1. The summed E-state index contributed by atoms with van der Waals surface area (Å²) in [4.78, 5) is 5.16. The standard InChI is InChI=1S/C10H20ClN.C10H21NO/c1-2-8-12-9-4-3-5-10(12)6-7-11;1-2-7-11-8-4-3-5-10(11)6-9-12/h10H,2-9H2,1H3;10,12H,2-9H2,1H3. The third-order valence-corrected chi connectivity index (χ3v) is 5.64. The van der Waals surface area contributed by atoms with Crippen molar-refractivity contribution in [3.63, 3.8) is 0 Å². The molecule has 0 spiro atoms. The highest BCUT2D eigenvalue weighted by Crippen LogP contribution is 2.20. The lowest BCUT2D eigenvalue weighted by molar-refractivity contribution is 0.119. The molecule has 0 aromatic heterocycles. The second-order valence-electron chi connectivity index (χ2n) is 7.36. The van der Waals surface area contributed by atoms with E-state index in [1.165, 1.54) is 84.0 Å². The maximum atomic E-state index is 8.88. The highest BCUT2D eigenvalue weighted by Gasteiger charge is 2.21. The van der Waals surface area contributed by atoms with Gasteiger partial charge in [0, 0.05) is 24.6 Å². The van der Waals surface area contributed by atoms with Crippen molar-refractivity contribution < 1.29 is 5.11 Å². The zero-order chi connectivity index (χ0) is 17.6. The molecule has 2 saturated heterocycles. The second-order valence-corrected chi connectivity index (χ2v) is 7.74. The molecule has 1 N–H and O–H groups in total.